The van der Waals surface area contributed by atoms with Gasteiger partial charge in [-0.3, -0.25) is 10.1 Å². The number of rotatable bonds is 5. The van der Waals surface area contributed by atoms with E-state index >= 15 is 0 Å². The molecule has 2 aromatic rings. The molecule has 0 amide bonds. The Bertz CT molecular complexity index is 680. The second kappa shape index (κ2) is 5.95. The lowest BCUT2D eigenvalue weighted by Gasteiger charge is -2.09. The lowest BCUT2D eigenvalue weighted by molar-refractivity contribution is -0.384. The molecule has 112 valence electrons. The van der Waals surface area contributed by atoms with E-state index in [-0.39, 0.29) is 11.4 Å². The third-order valence-corrected chi connectivity index (χ3v) is 3.62. The SMILES string of the molecule is CCn1c(C)cc(CNc2cc([N+](=O)[O-])ccc2F)c1C. The number of nitrogens with zero attached hydrogens (tertiary/aromatic N) is 2. The minimum Gasteiger partial charge on any atom is -0.378 e. The molecule has 21 heavy (non-hydrogen) atoms. The summed E-state index contributed by atoms with van der Waals surface area (Å²) < 4.78 is 15.9. The summed E-state index contributed by atoms with van der Waals surface area (Å²) >= 11 is 0. The summed E-state index contributed by atoms with van der Waals surface area (Å²) in [5.74, 6) is -0.495. The van der Waals surface area contributed by atoms with Gasteiger partial charge in [0, 0.05) is 36.6 Å². The van der Waals surface area contributed by atoms with Gasteiger partial charge in [0.05, 0.1) is 10.6 Å². The van der Waals surface area contributed by atoms with Crippen molar-refractivity contribution >= 4 is 11.4 Å². The molecular formula is C15H18FN3O2. The molecule has 0 aliphatic rings. The van der Waals surface area contributed by atoms with Crippen LogP contribution in [0.25, 0.3) is 0 Å². The number of non-ortho nitro benzene ring substituents is 1. The van der Waals surface area contributed by atoms with Gasteiger partial charge >= 0.3 is 0 Å². The number of hydrogen-bond donors (Lipinski definition) is 1. The molecule has 0 aliphatic carbocycles. The van der Waals surface area contributed by atoms with Gasteiger partial charge in [0.15, 0.2) is 0 Å². The Morgan fingerprint density at radius 1 is 1.33 bits per heavy atom. The molecule has 6 heteroatoms. The van der Waals surface area contributed by atoms with Crippen LogP contribution in [0.4, 0.5) is 15.8 Å². The van der Waals surface area contributed by atoms with Gasteiger partial charge in [-0.25, -0.2) is 4.39 Å². The van der Waals surface area contributed by atoms with Crippen LogP contribution in [0.15, 0.2) is 24.3 Å². The lowest BCUT2D eigenvalue weighted by atomic mass is 10.2. The number of hydrogen-bond acceptors (Lipinski definition) is 3. The van der Waals surface area contributed by atoms with Crippen LogP contribution in [-0.2, 0) is 13.1 Å². The van der Waals surface area contributed by atoms with Crippen molar-refractivity contribution in [2.24, 2.45) is 0 Å². The first-order valence-electron chi connectivity index (χ1n) is 6.77. The van der Waals surface area contributed by atoms with Crippen LogP contribution in [-0.4, -0.2) is 9.49 Å². The Balaban J connectivity index is 2.20. The molecule has 0 saturated carbocycles. The minimum absolute atomic E-state index is 0.127. The molecule has 0 saturated heterocycles. The molecule has 1 aromatic carbocycles. The number of anilines is 1. The molecule has 2 rings (SSSR count). The van der Waals surface area contributed by atoms with E-state index in [2.05, 4.69) is 16.8 Å². The number of aryl methyl sites for hydroxylation is 1. The van der Waals surface area contributed by atoms with Crippen LogP contribution < -0.4 is 5.32 Å². The summed E-state index contributed by atoms with van der Waals surface area (Å²) in [5.41, 5.74) is 3.34. The second-order valence-electron chi connectivity index (χ2n) is 4.92. The molecule has 0 fully saturated rings. The van der Waals surface area contributed by atoms with E-state index < -0.39 is 10.7 Å². The maximum absolute atomic E-state index is 13.7. The predicted octanol–water partition coefficient (Wildman–Crippen LogP) is 3.78. The van der Waals surface area contributed by atoms with Crippen molar-refractivity contribution in [1.82, 2.24) is 4.57 Å². The Morgan fingerprint density at radius 3 is 2.62 bits per heavy atom. The predicted molar refractivity (Wildman–Crippen MR) is 80.0 cm³/mol. The number of halogens is 1. The van der Waals surface area contributed by atoms with E-state index in [9.17, 15) is 14.5 Å². The van der Waals surface area contributed by atoms with Crippen molar-refractivity contribution in [3.8, 4) is 0 Å². The van der Waals surface area contributed by atoms with E-state index in [4.69, 9.17) is 0 Å². The van der Waals surface area contributed by atoms with Crippen LogP contribution in [0.1, 0.15) is 23.9 Å². The van der Waals surface area contributed by atoms with Crippen LogP contribution in [0.3, 0.4) is 0 Å². The number of nitrogens with one attached hydrogen (secondary N) is 1. The highest BCUT2D eigenvalue weighted by Gasteiger charge is 2.12. The van der Waals surface area contributed by atoms with E-state index in [1.165, 1.54) is 6.07 Å². The summed E-state index contributed by atoms with van der Waals surface area (Å²) in [7, 11) is 0. The molecule has 0 bridgehead atoms. The van der Waals surface area contributed by atoms with Gasteiger partial charge in [-0.1, -0.05) is 0 Å². The summed E-state index contributed by atoms with van der Waals surface area (Å²) in [6.07, 6.45) is 0. The fourth-order valence-corrected chi connectivity index (χ4v) is 2.49. The van der Waals surface area contributed by atoms with Gasteiger partial charge in [-0.15, -0.1) is 0 Å². The molecule has 1 aromatic heterocycles. The quantitative estimate of drug-likeness (QED) is 0.673. The summed E-state index contributed by atoms with van der Waals surface area (Å²) in [4.78, 5) is 10.2. The van der Waals surface area contributed by atoms with Crippen LogP contribution >= 0.6 is 0 Å². The molecular weight excluding hydrogens is 273 g/mol. The maximum Gasteiger partial charge on any atom is 0.271 e. The molecule has 0 spiro atoms. The molecule has 0 atom stereocenters. The maximum atomic E-state index is 13.7. The van der Waals surface area contributed by atoms with E-state index in [1.54, 1.807) is 0 Å². The van der Waals surface area contributed by atoms with Gasteiger partial charge in [0.2, 0.25) is 0 Å². The van der Waals surface area contributed by atoms with Crippen molar-refractivity contribution < 1.29 is 9.31 Å². The third-order valence-electron chi connectivity index (χ3n) is 3.62. The van der Waals surface area contributed by atoms with Crippen LogP contribution in [0, 0.1) is 29.8 Å². The standard InChI is InChI=1S/C15H18FN3O2/c1-4-18-10(2)7-12(11(18)3)9-17-15-8-13(19(20)21)5-6-14(15)16/h5-8,17H,4,9H2,1-3H3. The fourth-order valence-electron chi connectivity index (χ4n) is 2.49. The number of nitro benzene ring substituents is 1. The first-order chi connectivity index (χ1) is 9.93. The Morgan fingerprint density at radius 2 is 2.05 bits per heavy atom. The van der Waals surface area contributed by atoms with Crippen molar-refractivity contribution in [3.05, 3.63) is 57.1 Å². The van der Waals surface area contributed by atoms with Gasteiger partial charge in [-0.05, 0) is 38.5 Å². The van der Waals surface area contributed by atoms with Gasteiger partial charge in [0.25, 0.3) is 5.69 Å². The average Bonchev–Trinajstić information content (AvgIpc) is 2.71. The van der Waals surface area contributed by atoms with Crippen LogP contribution in [0.2, 0.25) is 0 Å². The smallest absolute Gasteiger partial charge is 0.271 e. The zero-order valence-electron chi connectivity index (χ0n) is 12.3. The summed E-state index contributed by atoms with van der Waals surface area (Å²) in [6.45, 7) is 7.41. The monoisotopic (exact) mass is 291 g/mol. The molecule has 1 heterocycles. The second-order valence-corrected chi connectivity index (χ2v) is 4.92. The van der Waals surface area contributed by atoms with Crippen molar-refractivity contribution in [3.63, 3.8) is 0 Å². The molecule has 5 nitrogen and oxygen atoms in total. The van der Waals surface area contributed by atoms with Crippen molar-refractivity contribution in [1.29, 1.82) is 0 Å². The fraction of sp³-hybridized carbons (Fsp3) is 0.333. The van der Waals surface area contributed by atoms with Gasteiger partial charge in [-0.2, -0.15) is 0 Å². The summed E-state index contributed by atoms with van der Waals surface area (Å²) in [6, 6.07) is 5.52. The highest BCUT2D eigenvalue weighted by atomic mass is 19.1. The Kier molecular flexibility index (Phi) is 4.26. The molecule has 1 N–H and O–H groups in total. The number of benzene rings is 1. The van der Waals surface area contributed by atoms with Gasteiger partial charge in [0.1, 0.15) is 5.82 Å². The van der Waals surface area contributed by atoms with Crippen molar-refractivity contribution in [2.75, 3.05) is 5.32 Å². The number of nitro groups is 1. The Labute approximate surface area is 122 Å². The largest absolute Gasteiger partial charge is 0.378 e. The van der Waals surface area contributed by atoms with Gasteiger partial charge < -0.3 is 9.88 Å². The topological polar surface area (TPSA) is 60.1 Å². The average molecular weight is 291 g/mol. The zero-order valence-corrected chi connectivity index (χ0v) is 12.3. The first kappa shape index (κ1) is 15.0. The molecule has 0 unspecified atom stereocenters. The summed E-state index contributed by atoms with van der Waals surface area (Å²) in [5, 5.41) is 13.7. The van der Waals surface area contributed by atoms with Crippen LogP contribution in [0.5, 0.6) is 0 Å². The lowest BCUT2D eigenvalue weighted by Crippen LogP contribution is -2.04. The highest BCUT2D eigenvalue weighted by molar-refractivity contribution is 5.52. The minimum atomic E-state index is -0.534. The highest BCUT2D eigenvalue weighted by Crippen LogP contribution is 2.23. The van der Waals surface area contributed by atoms with Crippen molar-refractivity contribution in [2.45, 2.75) is 33.9 Å². The molecule has 0 radical (unpaired) electrons. The molecule has 0 aliphatic heterocycles. The number of aromatic nitrogens is 1. The Hall–Kier alpha value is -2.37. The van der Waals surface area contributed by atoms with E-state index in [0.29, 0.717) is 6.54 Å². The van der Waals surface area contributed by atoms with E-state index in [1.807, 2.05) is 19.9 Å². The third kappa shape index (κ3) is 3.04. The van der Waals surface area contributed by atoms with E-state index in [0.717, 1.165) is 35.6 Å². The zero-order chi connectivity index (χ0) is 15.6. The normalized spacial score (nSPS) is 10.7. The first-order valence-corrected chi connectivity index (χ1v) is 6.77.